The normalized spacial score (nSPS) is 35.3. The maximum Gasteiger partial charge on any atom is 0.340 e. The number of hydrogen-bond donors (Lipinski definition) is 1. The Bertz CT molecular complexity index is 1200. The number of thioether (sulfide) groups is 2. The highest BCUT2D eigenvalue weighted by molar-refractivity contribution is 7.99. The minimum atomic E-state index is -1.40. The molecule has 1 N–H and O–H groups in total. The number of aliphatic hydroxyl groups is 1. The number of hydrogen-bond acceptors (Lipinski definition) is 10. The number of aliphatic hydroxyl groups excluding tert-OH is 1. The van der Waals surface area contributed by atoms with Gasteiger partial charge in [0, 0.05) is 34.1 Å². The van der Waals surface area contributed by atoms with E-state index in [-0.39, 0.29) is 18.8 Å². The molecule has 4 aliphatic rings. The van der Waals surface area contributed by atoms with Crippen molar-refractivity contribution in [2.45, 2.75) is 110 Å². The standard InChI is InChI=1S/C32H40O8S2/c1-30(2)35-19-26(38-30)27(33)28-29(34)40-32(18-10-12-23(37-32)21-42-25-15-7-4-8-16-25)31(39-28)17-9-11-22(36-31)20-41-24-13-5-3-6-14-24/h3-8,13-16,22-23,26-28,33H,9-12,17-21H2,1-2H3/t22-,23-,26+,27-,28+,31-,32-/m0/s1. The van der Waals surface area contributed by atoms with Crippen LogP contribution in [0.4, 0.5) is 0 Å². The van der Waals surface area contributed by atoms with Gasteiger partial charge in [0.05, 0.1) is 18.8 Å². The lowest BCUT2D eigenvalue weighted by atomic mass is 9.86. The van der Waals surface area contributed by atoms with E-state index in [0.29, 0.717) is 24.3 Å². The maximum atomic E-state index is 13.6. The van der Waals surface area contributed by atoms with Crippen LogP contribution in [0.15, 0.2) is 70.5 Å². The number of carbonyl (C=O) groups is 1. The molecule has 10 heteroatoms. The zero-order chi connectivity index (χ0) is 29.2. The third-order valence-electron chi connectivity index (χ3n) is 8.25. The van der Waals surface area contributed by atoms with Crippen LogP contribution in [0.25, 0.3) is 0 Å². The highest BCUT2D eigenvalue weighted by Crippen LogP contribution is 2.51. The molecule has 4 aliphatic heterocycles. The quantitative estimate of drug-likeness (QED) is 0.300. The Morgan fingerprint density at radius 2 is 1.36 bits per heavy atom. The molecule has 6 rings (SSSR count). The van der Waals surface area contributed by atoms with Gasteiger partial charge in [-0.05, 0) is 63.8 Å². The van der Waals surface area contributed by atoms with Gasteiger partial charge in [-0.2, -0.15) is 0 Å². The van der Waals surface area contributed by atoms with Gasteiger partial charge in [-0.3, -0.25) is 0 Å². The summed E-state index contributed by atoms with van der Waals surface area (Å²) in [6, 6.07) is 20.4. The molecule has 228 valence electrons. The molecule has 2 aromatic rings. The summed E-state index contributed by atoms with van der Waals surface area (Å²) in [7, 11) is 0. The Labute approximate surface area is 256 Å². The van der Waals surface area contributed by atoms with Crippen molar-refractivity contribution in [2.75, 3.05) is 18.1 Å². The van der Waals surface area contributed by atoms with Gasteiger partial charge in [-0.15, -0.1) is 23.5 Å². The van der Waals surface area contributed by atoms with Gasteiger partial charge in [-0.1, -0.05) is 36.4 Å². The predicted molar refractivity (Wildman–Crippen MR) is 159 cm³/mol. The summed E-state index contributed by atoms with van der Waals surface area (Å²) >= 11 is 3.44. The van der Waals surface area contributed by atoms with Crippen molar-refractivity contribution in [3.63, 3.8) is 0 Å². The van der Waals surface area contributed by atoms with E-state index < -0.39 is 41.6 Å². The minimum absolute atomic E-state index is 0.145. The number of fused-ring (bicyclic) bond motifs is 1. The molecule has 0 unspecified atom stereocenters. The largest absolute Gasteiger partial charge is 0.425 e. The molecular weight excluding hydrogens is 576 g/mol. The summed E-state index contributed by atoms with van der Waals surface area (Å²) < 4.78 is 38.0. The van der Waals surface area contributed by atoms with Crippen LogP contribution in [0.1, 0.15) is 52.4 Å². The van der Waals surface area contributed by atoms with E-state index in [0.717, 1.165) is 35.5 Å². The highest BCUT2D eigenvalue weighted by Gasteiger charge is 2.67. The molecule has 0 radical (unpaired) electrons. The van der Waals surface area contributed by atoms with Crippen molar-refractivity contribution in [1.29, 1.82) is 0 Å². The second-order valence-corrected chi connectivity index (χ2v) is 14.0. The molecule has 2 aromatic carbocycles. The van der Waals surface area contributed by atoms with Gasteiger partial charge >= 0.3 is 5.97 Å². The number of ether oxygens (including phenoxy) is 6. The smallest absolute Gasteiger partial charge is 0.340 e. The zero-order valence-electron chi connectivity index (χ0n) is 24.1. The van der Waals surface area contributed by atoms with Crippen LogP contribution >= 0.6 is 23.5 Å². The fourth-order valence-electron chi connectivity index (χ4n) is 6.20. The fourth-order valence-corrected chi connectivity index (χ4v) is 8.12. The first-order chi connectivity index (χ1) is 20.3. The Balaban J connectivity index is 1.24. The van der Waals surface area contributed by atoms with Crippen LogP contribution in [0.2, 0.25) is 0 Å². The average Bonchev–Trinajstić information content (AvgIpc) is 3.37. The second kappa shape index (κ2) is 12.8. The van der Waals surface area contributed by atoms with Crippen LogP contribution in [0, 0.1) is 0 Å². The summed E-state index contributed by atoms with van der Waals surface area (Å²) in [5.74, 6) is -2.85. The molecule has 0 aliphatic carbocycles. The van der Waals surface area contributed by atoms with Crippen molar-refractivity contribution in [1.82, 2.24) is 0 Å². The van der Waals surface area contributed by atoms with Crippen molar-refractivity contribution >= 4 is 29.5 Å². The molecular formula is C32H40O8S2. The Morgan fingerprint density at radius 3 is 1.90 bits per heavy atom. The van der Waals surface area contributed by atoms with Gasteiger partial charge in [0.15, 0.2) is 11.9 Å². The van der Waals surface area contributed by atoms with Crippen LogP contribution in [-0.4, -0.2) is 77.1 Å². The SMILES string of the molecule is CC1(C)OC[C@H]([C@H](O)[C@H]2O[C@@]3(CCC[C@@H](CSc4ccccc4)O3)[C@]3(CCC[C@@H](CSc4ccccc4)O3)OC2=O)O1. The summed E-state index contributed by atoms with van der Waals surface area (Å²) in [5, 5.41) is 11.3. The monoisotopic (exact) mass is 616 g/mol. The summed E-state index contributed by atoms with van der Waals surface area (Å²) in [6.07, 6.45) is 0.628. The Morgan fingerprint density at radius 1 is 0.810 bits per heavy atom. The predicted octanol–water partition coefficient (Wildman–Crippen LogP) is 5.56. The Hall–Kier alpha value is -1.63. The van der Waals surface area contributed by atoms with Crippen LogP contribution in [0.3, 0.4) is 0 Å². The van der Waals surface area contributed by atoms with Crippen molar-refractivity contribution in [3.05, 3.63) is 60.7 Å². The molecule has 7 atom stereocenters. The molecule has 0 amide bonds. The first-order valence-corrected chi connectivity index (χ1v) is 16.9. The molecule has 4 heterocycles. The average molecular weight is 617 g/mol. The van der Waals surface area contributed by atoms with Crippen molar-refractivity contribution in [2.24, 2.45) is 0 Å². The first-order valence-electron chi connectivity index (χ1n) is 14.9. The molecule has 4 fully saturated rings. The number of rotatable bonds is 8. The molecule has 8 nitrogen and oxygen atoms in total. The second-order valence-electron chi connectivity index (χ2n) is 11.8. The van der Waals surface area contributed by atoms with E-state index in [9.17, 15) is 9.90 Å². The number of carbonyl (C=O) groups excluding carboxylic acids is 1. The minimum Gasteiger partial charge on any atom is -0.425 e. The third kappa shape index (κ3) is 6.56. The van der Waals surface area contributed by atoms with Crippen molar-refractivity contribution < 1.29 is 38.3 Å². The molecule has 2 spiro atoms. The van der Waals surface area contributed by atoms with Gasteiger partial charge in [0.1, 0.15) is 12.2 Å². The molecule has 42 heavy (non-hydrogen) atoms. The Kier molecular flexibility index (Phi) is 9.24. The van der Waals surface area contributed by atoms with E-state index in [2.05, 4.69) is 24.3 Å². The lowest BCUT2D eigenvalue weighted by Crippen LogP contribution is -2.72. The molecule has 0 aromatic heterocycles. The highest BCUT2D eigenvalue weighted by atomic mass is 32.2. The van der Waals surface area contributed by atoms with Crippen LogP contribution in [0.5, 0.6) is 0 Å². The number of esters is 1. The van der Waals surface area contributed by atoms with Crippen molar-refractivity contribution in [3.8, 4) is 0 Å². The van der Waals surface area contributed by atoms with E-state index in [1.54, 1.807) is 37.4 Å². The fraction of sp³-hybridized carbons (Fsp3) is 0.594. The number of benzene rings is 2. The summed E-state index contributed by atoms with van der Waals surface area (Å²) in [4.78, 5) is 15.9. The maximum absolute atomic E-state index is 13.6. The van der Waals surface area contributed by atoms with E-state index in [1.165, 1.54) is 0 Å². The van der Waals surface area contributed by atoms with Crippen LogP contribution < -0.4 is 0 Å². The first kappa shape index (κ1) is 30.4. The summed E-state index contributed by atoms with van der Waals surface area (Å²) in [6.45, 7) is 3.70. The van der Waals surface area contributed by atoms with Gasteiger partial charge < -0.3 is 33.5 Å². The topological polar surface area (TPSA) is 92.7 Å². The van der Waals surface area contributed by atoms with Gasteiger partial charge in [0.2, 0.25) is 5.79 Å². The van der Waals surface area contributed by atoms with E-state index in [4.69, 9.17) is 28.4 Å². The lowest BCUT2D eigenvalue weighted by molar-refractivity contribution is -0.460. The van der Waals surface area contributed by atoms with E-state index in [1.807, 2.05) is 36.4 Å². The van der Waals surface area contributed by atoms with Crippen LogP contribution in [-0.2, 0) is 33.2 Å². The summed E-state index contributed by atoms with van der Waals surface area (Å²) in [5.41, 5.74) is 0. The lowest BCUT2D eigenvalue weighted by Gasteiger charge is -2.57. The third-order valence-corrected chi connectivity index (χ3v) is 10.5. The molecule has 0 bridgehead atoms. The zero-order valence-corrected chi connectivity index (χ0v) is 25.8. The molecule has 0 saturated carbocycles. The van der Waals surface area contributed by atoms with E-state index >= 15 is 0 Å². The van der Waals surface area contributed by atoms with Gasteiger partial charge in [-0.25, -0.2) is 4.79 Å². The molecule has 4 saturated heterocycles. The van der Waals surface area contributed by atoms with Gasteiger partial charge in [0.25, 0.3) is 5.79 Å².